The van der Waals surface area contributed by atoms with Crippen LogP contribution in [0.15, 0.2) is 24.3 Å². The Balaban J connectivity index is 1.78. The van der Waals surface area contributed by atoms with E-state index in [-0.39, 0.29) is 17.6 Å². The van der Waals surface area contributed by atoms with Crippen molar-refractivity contribution < 1.29 is 19.0 Å². The van der Waals surface area contributed by atoms with E-state index in [0.717, 1.165) is 18.7 Å². The van der Waals surface area contributed by atoms with E-state index in [2.05, 4.69) is 4.90 Å². The molecular weight excluding hydrogens is 311 g/mol. The summed E-state index contributed by atoms with van der Waals surface area (Å²) in [6.07, 6.45) is -0.286. The number of likely N-dealkylation sites (N-methyl/N-ethyl adjacent to an activating group) is 1. The van der Waals surface area contributed by atoms with Gasteiger partial charge in [-0.1, -0.05) is 19.1 Å². The lowest BCUT2D eigenvalue weighted by molar-refractivity contribution is -0.131. The molecule has 1 saturated heterocycles. The van der Waals surface area contributed by atoms with Gasteiger partial charge in [0, 0.05) is 39.6 Å². The van der Waals surface area contributed by atoms with E-state index in [0.29, 0.717) is 32.7 Å². The average Bonchev–Trinajstić information content (AvgIpc) is 2.55. The van der Waals surface area contributed by atoms with Gasteiger partial charge in [-0.2, -0.15) is 0 Å². The van der Waals surface area contributed by atoms with Crippen molar-refractivity contribution in [3.8, 4) is 0 Å². The third-order valence-corrected chi connectivity index (χ3v) is 4.38. The molecule has 1 aliphatic rings. The number of aliphatic hydroxyl groups excluding tert-OH is 1. The molecule has 1 aromatic carbocycles. The number of rotatable bonds is 7. The van der Waals surface area contributed by atoms with Gasteiger partial charge < -0.3 is 14.7 Å². The first-order chi connectivity index (χ1) is 11.5. The molecule has 24 heavy (non-hydrogen) atoms. The van der Waals surface area contributed by atoms with Crippen molar-refractivity contribution in [1.82, 2.24) is 9.80 Å². The number of amides is 1. The van der Waals surface area contributed by atoms with Gasteiger partial charge in [0.25, 0.3) is 0 Å². The quantitative estimate of drug-likeness (QED) is 0.818. The Bertz CT molecular complexity index is 535. The standard InChI is InChI=1S/C18H27FN2O3/c1-14(15-4-3-5-16(19)11-15)10-18(23)20(2)12-17(22)13-21-6-8-24-9-7-21/h3-5,11,14,17,22H,6-10,12-13H2,1-2H3. The highest BCUT2D eigenvalue weighted by Crippen LogP contribution is 2.20. The van der Waals surface area contributed by atoms with Crippen molar-refractivity contribution in [1.29, 1.82) is 0 Å². The maximum absolute atomic E-state index is 13.3. The van der Waals surface area contributed by atoms with E-state index >= 15 is 0 Å². The Morgan fingerprint density at radius 2 is 2.12 bits per heavy atom. The predicted octanol–water partition coefficient (Wildman–Crippen LogP) is 1.47. The van der Waals surface area contributed by atoms with Gasteiger partial charge in [-0.25, -0.2) is 4.39 Å². The number of carbonyl (C=O) groups excluding carboxylic acids is 1. The lowest BCUT2D eigenvalue weighted by Crippen LogP contribution is -2.45. The van der Waals surface area contributed by atoms with E-state index in [9.17, 15) is 14.3 Å². The summed E-state index contributed by atoms with van der Waals surface area (Å²) in [5, 5.41) is 10.2. The Kier molecular flexibility index (Phi) is 7.15. The Labute approximate surface area is 143 Å². The first kappa shape index (κ1) is 18.8. The minimum Gasteiger partial charge on any atom is -0.390 e. The largest absolute Gasteiger partial charge is 0.390 e. The number of halogens is 1. The van der Waals surface area contributed by atoms with Gasteiger partial charge in [-0.05, 0) is 23.6 Å². The first-order valence-electron chi connectivity index (χ1n) is 8.43. The second-order valence-electron chi connectivity index (χ2n) is 6.50. The number of β-amino-alcohol motifs (C(OH)–C–C–N with tert-alkyl or cyclic N) is 1. The van der Waals surface area contributed by atoms with Gasteiger partial charge in [-0.3, -0.25) is 9.69 Å². The summed E-state index contributed by atoms with van der Waals surface area (Å²) in [5.74, 6) is -0.402. The van der Waals surface area contributed by atoms with Gasteiger partial charge in [0.2, 0.25) is 5.91 Å². The number of hydrogen-bond acceptors (Lipinski definition) is 4. The summed E-state index contributed by atoms with van der Waals surface area (Å²) in [6.45, 7) is 5.74. The molecule has 1 amide bonds. The molecule has 0 saturated carbocycles. The summed E-state index contributed by atoms with van der Waals surface area (Å²) in [6, 6.07) is 6.34. The lowest BCUT2D eigenvalue weighted by atomic mass is 9.97. The molecule has 2 rings (SSSR count). The van der Waals surface area contributed by atoms with Gasteiger partial charge >= 0.3 is 0 Å². The normalized spacial score (nSPS) is 18.2. The van der Waals surface area contributed by atoms with E-state index in [1.54, 1.807) is 18.0 Å². The minimum atomic E-state index is -0.582. The van der Waals surface area contributed by atoms with Crippen molar-refractivity contribution in [2.75, 3.05) is 46.4 Å². The van der Waals surface area contributed by atoms with Crippen LogP contribution in [0.2, 0.25) is 0 Å². The molecule has 1 N–H and O–H groups in total. The summed E-state index contributed by atoms with van der Waals surface area (Å²) >= 11 is 0. The van der Waals surface area contributed by atoms with Crippen LogP contribution in [-0.2, 0) is 9.53 Å². The van der Waals surface area contributed by atoms with Crippen molar-refractivity contribution in [2.24, 2.45) is 0 Å². The van der Waals surface area contributed by atoms with Crippen LogP contribution in [0.1, 0.15) is 24.8 Å². The summed E-state index contributed by atoms with van der Waals surface area (Å²) in [5.41, 5.74) is 0.811. The zero-order chi connectivity index (χ0) is 17.5. The number of hydrogen-bond donors (Lipinski definition) is 1. The molecule has 5 nitrogen and oxygen atoms in total. The van der Waals surface area contributed by atoms with Crippen LogP contribution in [-0.4, -0.2) is 73.4 Å². The molecule has 6 heteroatoms. The van der Waals surface area contributed by atoms with Crippen LogP contribution >= 0.6 is 0 Å². The maximum Gasteiger partial charge on any atom is 0.223 e. The van der Waals surface area contributed by atoms with Crippen molar-refractivity contribution in [2.45, 2.75) is 25.4 Å². The lowest BCUT2D eigenvalue weighted by Gasteiger charge is -2.30. The molecule has 2 atom stereocenters. The van der Waals surface area contributed by atoms with E-state index < -0.39 is 6.10 Å². The number of benzene rings is 1. The Hall–Kier alpha value is -1.50. The monoisotopic (exact) mass is 338 g/mol. The zero-order valence-corrected chi connectivity index (χ0v) is 14.4. The topological polar surface area (TPSA) is 53.0 Å². The zero-order valence-electron chi connectivity index (χ0n) is 14.4. The second-order valence-corrected chi connectivity index (χ2v) is 6.50. The van der Waals surface area contributed by atoms with E-state index in [4.69, 9.17) is 4.74 Å². The van der Waals surface area contributed by atoms with Crippen molar-refractivity contribution in [3.63, 3.8) is 0 Å². The van der Waals surface area contributed by atoms with Crippen LogP contribution < -0.4 is 0 Å². The smallest absolute Gasteiger partial charge is 0.223 e. The summed E-state index contributed by atoms with van der Waals surface area (Å²) < 4.78 is 18.6. The molecule has 0 radical (unpaired) electrons. The van der Waals surface area contributed by atoms with Crippen molar-refractivity contribution >= 4 is 5.91 Å². The number of aliphatic hydroxyl groups is 1. The molecule has 134 valence electrons. The van der Waals surface area contributed by atoms with Crippen LogP contribution in [0.5, 0.6) is 0 Å². The number of morpholine rings is 1. The van der Waals surface area contributed by atoms with E-state index in [1.807, 2.05) is 13.0 Å². The van der Waals surface area contributed by atoms with Gasteiger partial charge in [0.1, 0.15) is 5.82 Å². The molecule has 1 heterocycles. The molecule has 2 unspecified atom stereocenters. The SMILES string of the molecule is CC(CC(=O)N(C)CC(O)CN1CCOCC1)c1cccc(F)c1. The first-order valence-corrected chi connectivity index (χ1v) is 8.43. The highest BCUT2D eigenvalue weighted by Gasteiger charge is 2.20. The predicted molar refractivity (Wildman–Crippen MR) is 90.3 cm³/mol. The third-order valence-electron chi connectivity index (χ3n) is 4.38. The van der Waals surface area contributed by atoms with Crippen LogP contribution in [0, 0.1) is 5.82 Å². The highest BCUT2D eigenvalue weighted by molar-refractivity contribution is 5.76. The fraction of sp³-hybridized carbons (Fsp3) is 0.611. The second kappa shape index (κ2) is 9.11. The summed E-state index contributed by atoms with van der Waals surface area (Å²) in [4.78, 5) is 16.0. The van der Waals surface area contributed by atoms with Crippen LogP contribution in [0.25, 0.3) is 0 Å². The summed E-state index contributed by atoms with van der Waals surface area (Å²) in [7, 11) is 1.70. The van der Waals surface area contributed by atoms with E-state index in [1.165, 1.54) is 12.1 Å². The molecule has 1 aromatic rings. The molecule has 0 spiro atoms. The number of ether oxygens (including phenoxy) is 1. The van der Waals surface area contributed by atoms with Gasteiger partial charge in [0.05, 0.1) is 19.3 Å². The number of nitrogens with zero attached hydrogens (tertiary/aromatic N) is 2. The average molecular weight is 338 g/mol. The molecule has 0 aromatic heterocycles. The number of carbonyl (C=O) groups is 1. The molecular formula is C18H27FN2O3. The molecule has 1 aliphatic heterocycles. The van der Waals surface area contributed by atoms with Crippen LogP contribution in [0.4, 0.5) is 4.39 Å². The Morgan fingerprint density at radius 3 is 2.79 bits per heavy atom. The van der Waals surface area contributed by atoms with Gasteiger partial charge in [0.15, 0.2) is 0 Å². The third kappa shape index (κ3) is 5.85. The van der Waals surface area contributed by atoms with Crippen molar-refractivity contribution in [3.05, 3.63) is 35.6 Å². The fourth-order valence-electron chi connectivity index (χ4n) is 2.91. The molecule has 1 fully saturated rings. The fourth-order valence-corrected chi connectivity index (χ4v) is 2.91. The molecule has 0 bridgehead atoms. The van der Waals surface area contributed by atoms with Gasteiger partial charge in [-0.15, -0.1) is 0 Å². The Morgan fingerprint density at radius 1 is 1.42 bits per heavy atom. The molecule has 0 aliphatic carbocycles. The van der Waals surface area contributed by atoms with Crippen LogP contribution in [0.3, 0.4) is 0 Å². The minimum absolute atomic E-state index is 0.0483. The highest BCUT2D eigenvalue weighted by atomic mass is 19.1. The maximum atomic E-state index is 13.3.